The van der Waals surface area contributed by atoms with Crippen LogP contribution in [-0.2, 0) is 16.1 Å². The second-order valence-corrected chi connectivity index (χ2v) is 8.15. The number of nitrogens with one attached hydrogen (secondary N) is 1. The van der Waals surface area contributed by atoms with Crippen LogP contribution < -0.4 is 5.32 Å². The van der Waals surface area contributed by atoms with Gasteiger partial charge in [0, 0.05) is 27.2 Å². The van der Waals surface area contributed by atoms with Gasteiger partial charge in [0.15, 0.2) is 0 Å². The Balaban J connectivity index is 1.88. The van der Waals surface area contributed by atoms with Crippen LogP contribution in [0.15, 0.2) is 15.9 Å². The van der Waals surface area contributed by atoms with Crippen LogP contribution in [0.4, 0.5) is 0 Å². The van der Waals surface area contributed by atoms with E-state index < -0.39 is 5.54 Å². The topological polar surface area (TPSA) is 49.4 Å². The molecule has 2 unspecified atom stereocenters. The number of carbonyl (C=O) groups excluding carboxylic acids is 2. The molecule has 1 aliphatic carbocycles. The quantitative estimate of drug-likeness (QED) is 0.888. The molecular weight excluding hydrogens is 352 g/mol. The third-order valence-corrected chi connectivity index (χ3v) is 6.14. The molecule has 1 saturated heterocycles. The van der Waals surface area contributed by atoms with Crippen molar-refractivity contribution < 1.29 is 9.59 Å². The Morgan fingerprint density at radius 1 is 1.48 bits per heavy atom. The Labute approximate surface area is 137 Å². The number of carbonyl (C=O) groups is 2. The van der Waals surface area contributed by atoms with Crippen molar-refractivity contribution in [2.75, 3.05) is 0 Å². The largest absolute Gasteiger partial charge is 0.342 e. The minimum Gasteiger partial charge on any atom is -0.342 e. The standard InChI is InChI=1S/C15H19BrN2O2S/c1-9-5-13(19)17-15(2,10-3-4-10)14(20)18(9)7-12-6-11(16)8-21-12/h6,8-10H,3-5,7H2,1-2H3,(H,17,19). The molecule has 1 saturated carbocycles. The van der Waals surface area contributed by atoms with Crippen LogP contribution in [0.25, 0.3) is 0 Å². The maximum atomic E-state index is 13.0. The van der Waals surface area contributed by atoms with E-state index in [-0.39, 0.29) is 23.8 Å². The molecule has 0 radical (unpaired) electrons. The maximum absolute atomic E-state index is 13.0. The van der Waals surface area contributed by atoms with Crippen molar-refractivity contribution in [1.29, 1.82) is 0 Å². The third-order valence-electron chi connectivity index (χ3n) is 4.46. The predicted octanol–water partition coefficient (Wildman–Crippen LogP) is 2.92. The molecule has 2 aliphatic rings. The maximum Gasteiger partial charge on any atom is 0.248 e. The van der Waals surface area contributed by atoms with Crippen molar-refractivity contribution in [2.24, 2.45) is 5.92 Å². The summed E-state index contributed by atoms with van der Waals surface area (Å²) >= 11 is 5.08. The summed E-state index contributed by atoms with van der Waals surface area (Å²) in [6.07, 6.45) is 2.42. The fourth-order valence-electron chi connectivity index (χ4n) is 3.04. The van der Waals surface area contributed by atoms with Crippen molar-refractivity contribution in [3.05, 3.63) is 20.8 Å². The first kappa shape index (κ1) is 15.0. The molecule has 4 nitrogen and oxygen atoms in total. The number of hydrogen-bond donors (Lipinski definition) is 1. The number of thiophene rings is 1. The van der Waals surface area contributed by atoms with Gasteiger partial charge in [-0.2, -0.15) is 0 Å². The first-order valence-electron chi connectivity index (χ1n) is 7.25. The number of halogens is 1. The van der Waals surface area contributed by atoms with Gasteiger partial charge in [0.2, 0.25) is 11.8 Å². The third kappa shape index (κ3) is 2.88. The summed E-state index contributed by atoms with van der Waals surface area (Å²) in [5.41, 5.74) is -0.726. The Hall–Kier alpha value is -0.880. The lowest BCUT2D eigenvalue weighted by Crippen LogP contribution is -2.57. The van der Waals surface area contributed by atoms with Crippen molar-refractivity contribution in [1.82, 2.24) is 10.2 Å². The Morgan fingerprint density at radius 3 is 2.76 bits per heavy atom. The summed E-state index contributed by atoms with van der Waals surface area (Å²) in [5, 5.41) is 5.00. The summed E-state index contributed by atoms with van der Waals surface area (Å²) in [6, 6.07) is 1.97. The Kier molecular flexibility index (Phi) is 3.86. The van der Waals surface area contributed by atoms with Gasteiger partial charge in [-0.1, -0.05) is 0 Å². The average Bonchev–Trinajstić information content (AvgIpc) is 3.19. The lowest BCUT2D eigenvalue weighted by Gasteiger charge is -2.34. The zero-order valence-electron chi connectivity index (χ0n) is 12.2. The summed E-state index contributed by atoms with van der Waals surface area (Å²) < 4.78 is 1.04. The molecule has 3 rings (SSSR count). The minimum absolute atomic E-state index is 0.0138. The monoisotopic (exact) mass is 370 g/mol. The van der Waals surface area contributed by atoms with Crippen molar-refractivity contribution in [3.63, 3.8) is 0 Å². The number of amides is 2. The predicted molar refractivity (Wildman–Crippen MR) is 85.9 cm³/mol. The normalized spacial score (nSPS) is 30.2. The van der Waals surface area contributed by atoms with E-state index in [1.165, 1.54) is 0 Å². The molecule has 1 aromatic heterocycles. The fourth-order valence-corrected chi connectivity index (χ4v) is 4.49. The van der Waals surface area contributed by atoms with Gasteiger partial charge in [0.1, 0.15) is 5.54 Å². The molecule has 2 amide bonds. The van der Waals surface area contributed by atoms with Gasteiger partial charge in [-0.25, -0.2) is 0 Å². The van der Waals surface area contributed by atoms with E-state index >= 15 is 0 Å². The second-order valence-electron chi connectivity index (χ2n) is 6.24. The zero-order valence-corrected chi connectivity index (χ0v) is 14.6. The molecule has 0 bridgehead atoms. The van der Waals surface area contributed by atoms with Crippen LogP contribution in [0, 0.1) is 5.92 Å². The summed E-state index contributed by atoms with van der Waals surface area (Å²) in [4.78, 5) is 28.1. The van der Waals surface area contributed by atoms with Crippen molar-refractivity contribution >= 4 is 39.1 Å². The van der Waals surface area contributed by atoms with Gasteiger partial charge in [0.05, 0.1) is 6.54 Å². The zero-order chi connectivity index (χ0) is 15.2. The van der Waals surface area contributed by atoms with Crippen molar-refractivity contribution in [2.45, 2.75) is 51.2 Å². The van der Waals surface area contributed by atoms with E-state index in [2.05, 4.69) is 21.2 Å². The van der Waals surface area contributed by atoms with Crippen molar-refractivity contribution in [3.8, 4) is 0 Å². The van der Waals surface area contributed by atoms with Crippen LogP contribution in [0.5, 0.6) is 0 Å². The van der Waals surface area contributed by atoms with Crippen LogP contribution in [0.3, 0.4) is 0 Å². The van der Waals surface area contributed by atoms with E-state index in [0.717, 1.165) is 22.2 Å². The van der Waals surface area contributed by atoms with Gasteiger partial charge in [-0.3, -0.25) is 9.59 Å². The van der Waals surface area contributed by atoms with E-state index in [1.807, 2.05) is 30.2 Å². The van der Waals surface area contributed by atoms with Gasteiger partial charge in [0.25, 0.3) is 0 Å². The number of rotatable bonds is 3. The van der Waals surface area contributed by atoms with Gasteiger partial charge >= 0.3 is 0 Å². The summed E-state index contributed by atoms with van der Waals surface area (Å²) in [6.45, 7) is 4.42. The van der Waals surface area contributed by atoms with Crippen LogP contribution >= 0.6 is 27.3 Å². The van der Waals surface area contributed by atoms with E-state index in [0.29, 0.717) is 13.0 Å². The smallest absolute Gasteiger partial charge is 0.248 e. The average molecular weight is 371 g/mol. The molecule has 2 fully saturated rings. The molecule has 0 spiro atoms. The van der Waals surface area contributed by atoms with Crippen LogP contribution in [-0.4, -0.2) is 28.3 Å². The highest BCUT2D eigenvalue weighted by molar-refractivity contribution is 9.10. The molecular formula is C15H19BrN2O2S. The molecule has 1 N–H and O–H groups in total. The molecule has 1 aromatic rings. The lowest BCUT2D eigenvalue weighted by atomic mass is 9.94. The van der Waals surface area contributed by atoms with Crippen LogP contribution in [0.2, 0.25) is 0 Å². The highest BCUT2D eigenvalue weighted by Crippen LogP contribution is 2.42. The molecule has 114 valence electrons. The minimum atomic E-state index is -0.726. The summed E-state index contributed by atoms with van der Waals surface area (Å²) in [5.74, 6) is 0.338. The molecule has 6 heteroatoms. The van der Waals surface area contributed by atoms with Gasteiger partial charge in [-0.15, -0.1) is 11.3 Å². The Bertz CT molecular complexity index is 584. The highest BCUT2D eigenvalue weighted by atomic mass is 79.9. The van der Waals surface area contributed by atoms with E-state index in [9.17, 15) is 9.59 Å². The molecule has 1 aliphatic heterocycles. The lowest BCUT2D eigenvalue weighted by molar-refractivity contribution is -0.140. The number of nitrogens with zero attached hydrogens (tertiary/aromatic N) is 1. The van der Waals surface area contributed by atoms with Crippen LogP contribution in [0.1, 0.15) is 38.0 Å². The molecule has 2 heterocycles. The van der Waals surface area contributed by atoms with Gasteiger partial charge in [-0.05, 0) is 54.6 Å². The fraction of sp³-hybridized carbons (Fsp3) is 0.600. The van der Waals surface area contributed by atoms with E-state index in [4.69, 9.17) is 0 Å². The second kappa shape index (κ2) is 5.39. The first-order chi connectivity index (χ1) is 9.90. The highest BCUT2D eigenvalue weighted by Gasteiger charge is 2.52. The SMILES string of the molecule is CC1CC(=O)NC(C)(C2CC2)C(=O)N1Cc1cc(Br)cs1. The molecule has 2 atom stereocenters. The summed E-state index contributed by atoms with van der Waals surface area (Å²) in [7, 11) is 0. The molecule has 21 heavy (non-hydrogen) atoms. The molecule has 0 aromatic carbocycles. The Morgan fingerprint density at radius 2 is 2.19 bits per heavy atom. The first-order valence-corrected chi connectivity index (χ1v) is 8.92. The van der Waals surface area contributed by atoms with E-state index in [1.54, 1.807) is 11.3 Å². The number of hydrogen-bond acceptors (Lipinski definition) is 3. The van der Waals surface area contributed by atoms with Gasteiger partial charge < -0.3 is 10.2 Å².